The second kappa shape index (κ2) is 14.5. The van der Waals surface area contributed by atoms with Crippen molar-refractivity contribution in [3.63, 3.8) is 0 Å². The van der Waals surface area contributed by atoms with Crippen molar-refractivity contribution in [1.82, 2.24) is 9.80 Å². The maximum absolute atomic E-state index is 6.28. The third kappa shape index (κ3) is 8.84. The van der Waals surface area contributed by atoms with Gasteiger partial charge in [-0.3, -0.25) is 0 Å². The molecule has 0 radical (unpaired) electrons. The number of piperazine rings is 1. The van der Waals surface area contributed by atoms with E-state index in [4.69, 9.17) is 16.3 Å². The molecule has 0 N–H and O–H groups in total. The minimum absolute atomic E-state index is 0. The van der Waals surface area contributed by atoms with Gasteiger partial charge in [0.2, 0.25) is 0 Å². The number of rotatable bonds is 9. The number of nitrogens with zero attached hydrogens (tertiary/aromatic N) is 2. The summed E-state index contributed by atoms with van der Waals surface area (Å²) < 4.78 is 6.12. The van der Waals surface area contributed by atoms with Crippen molar-refractivity contribution in [3.05, 3.63) is 95.0 Å². The SMILES string of the molecule is Cl.Cl.Clc1ccc(Oc2ccccc2)c(CCN2CCN(CCCc3ccccc3)CC2)c1. The fourth-order valence-corrected chi connectivity index (χ4v) is 4.32. The molecule has 0 amide bonds. The van der Waals surface area contributed by atoms with E-state index in [9.17, 15) is 0 Å². The van der Waals surface area contributed by atoms with Gasteiger partial charge >= 0.3 is 0 Å². The highest BCUT2D eigenvalue weighted by Gasteiger charge is 2.17. The Balaban J connectivity index is 0.00000193. The van der Waals surface area contributed by atoms with Gasteiger partial charge in [-0.1, -0.05) is 60.1 Å². The molecule has 4 rings (SSSR count). The monoisotopic (exact) mass is 506 g/mol. The molecule has 3 aromatic rings. The molecule has 0 bridgehead atoms. The summed E-state index contributed by atoms with van der Waals surface area (Å²) in [5.74, 6) is 1.75. The Morgan fingerprint density at radius 1 is 0.697 bits per heavy atom. The largest absolute Gasteiger partial charge is 0.457 e. The number of aryl methyl sites for hydroxylation is 1. The number of ether oxygens (including phenoxy) is 1. The lowest BCUT2D eigenvalue weighted by Crippen LogP contribution is -2.47. The van der Waals surface area contributed by atoms with E-state index in [-0.39, 0.29) is 24.8 Å². The predicted molar refractivity (Wildman–Crippen MR) is 144 cm³/mol. The van der Waals surface area contributed by atoms with Gasteiger partial charge < -0.3 is 14.5 Å². The Bertz CT molecular complexity index is 933. The Labute approximate surface area is 215 Å². The Morgan fingerprint density at radius 2 is 1.30 bits per heavy atom. The molecule has 33 heavy (non-hydrogen) atoms. The molecule has 0 unspecified atom stereocenters. The van der Waals surface area contributed by atoms with E-state index in [1.54, 1.807) is 0 Å². The van der Waals surface area contributed by atoms with Gasteiger partial charge in [0.15, 0.2) is 0 Å². The molecule has 1 aliphatic rings. The third-order valence-electron chi connectivity index (χ3n) is 5.94. The summed E-state index contributed by atoms with van der Waals surface area (Å²) >= 11 is 6.28. The third-order valence-corrected chi connectivity index (χ3v) is 6.17. The van der Waals surface area contributed by atoms with Crippen LogP contribution in [0.3, 0.4) is 0 Å². The highest BCUT2D eigenvalue weighted by atomic mass is 35.5. The first kappa shape index (κ1) is 27.5. The molecule has 0 spiro atoms. The van der Waals surface area contributed by atoms with Crippen molar-refractivity contribution in [1.29, 1.82) is 0 Å². The van der Waals surface area contributed by atoms with E-state index >= 15 is 0 Å². The fourth-order valence-electron chi connectivity index (χ4n) is 4.12. The summed E-state index contributed by atoms with van der Waals surface area (Å²) in [6, 6.07) is 26.7. The van der Waals surface area contributed by atoms with Crippen LogP contribution in [-0.2, 0) is 12.8 Å². The summed E-state index contributed by atoms with van der Waals surface area (Å²) in [5.41, 5.74) is 2.61. The second-order valence-electron chi connectivity index (χ2n) is 8.19. The van der Waals surface area contributed by atoms with Crippen molar-refractivity contribution in [3.8, 4) is 11.5 Å². The molecular formula is C27H33Cl3N2O. The number of hydrogen-bond acceptors (Lipinski definition) is 3. The minimum Gasteiger partial charge on any atom is -0.457 e. The summed E-state index contributed by atoms with van der Waals surface area (Å²) in [4.78, 5) is 5.16. The van der Waals surface area contributed by atoms with Crippen molar-refractivity contribution in [2.45, 2.75) is 19.3 Å². The molecule has 3 nitrogen and oxygen atoms in total. The van der Waals surface area contributed by atoms with Gasteiger partial charge in [0.05, 0.1) is 0 Å². The minimum atomic E-state index is 0. The maximum atomic E-state index is 6.28. The van der Waals surface area contributed by atoms with Gasteiger partial charge in [-0.15, -0.1) is 24.8 Å². The van der Waals surface area contributed by atoms with Crippen LogP contribution in [0.25, 0.3) is 0 Å². The van der Waals surface area contributed by atoms with E-state index in [1.807, 2.05) is 48.5 Å². The van der Waals surface area contributed by atoms with Crippen molar-refractivity contribution in [2.24, 2.45) is 0 Å². The molecule has 3 aromatic carbocycles. The van der Waals surface area contributed by atoms with Crippen molar-refractivity contribution >= 4 is 36.4 Å². The van der Waals surface area contributed by atoms with Gasteiger partial charge in [-0.25, -0.2) is 0 Å². The van der Waals surface area contributed by atoms with Crippen LogP contribution >= 0.6 is 36.4 Å². The molecule has 0 aromatic heterocycles. The zero-order valence-electron chi connectivity index (χ0n) is 18.9. The van der Waals surface area contributed by atoms with Gasteiger partial charge in [0, 0.05) is 37.7 Å². The molecular weight excluding hydrogens is 475 g/mol. The van der Waals surface area contributed by atoms with E-state index in [2.05, 4.69) is 40.1 Å². The molecule has 0 aliphatic carbocycles. The van der Waals surface area contributed by atoms with Crippen LogP contribution in [0.5, 0.6) is 11.5 Å². The van der Waals surface area contributed by atoms with Gasteiger partial charge in [-0.05, 0) is 67.3 Å². The summed E-state index contributed by atoms with van der Waals surface area (Å²) in [6.07, 6.45) is 3.34. The highest BCUT2D eigenvalue weighted by Crippen LogP contribution is 2.28. The lowest BCUT2D eigenvalue weighted by atomic mass is 10.1. The zero-order chi connectivity index (χ0) is 21.3. The first-order chi connectivity index (χ1) is 15.3. The second-order valence-corrected chi connectivity index (χ2v) is 8.63. The standard InChI is InChI=1S/C27H31ClN2O.2ClH/c28-25-13-14-27(31-26-11-5-2-6-12-26)24(22-25)15-17-30-20-18-29(19-21-30)16-7-10-23-8-3-1-4-9-23;;/h1-6,8-9,11-14,22H,7,10,15-21H2;2*1H. The van der Waals surface area contributed by atoms with Crippen LogP contribution in [-0.4, -0.2) is 49.1 Å². The quantitative estimate of drug-likeness (QED) is 0.318. The Hall–Kier alpha value is -1.75. The van der Waals surface area contributed by atoms with Gasteiger partial charge in [-0.2, -0.15) is 0 Å². The fraction of sp³-hybridized carbons (Fsp3) is 0.333. The van der Waals surface area contributed by atoms with Crippen LogP contribution in [0, 0.1) is 0 Å². The van der Waals surface area contributed by atoms with Crippen LogP contribution in [0.15, 0.2) is 78.9 Å². The summed E-state index contributed by atoms with van der Waals surface area (Å²) in [6.45, 7) is 6.77. The predicted octanol–water partition coefficient (Wildman–Crippen LogP) is 6.77. The van der Waals surface area contributed by atoms with E-state index in [1.165, 1.54) is 30.5 Å². The van der Waals surface area contributed by atoms with Gasteiger partial charge in [0.25, 0.3) is 0 Å². The van der Waals surface area contributed by atoms with E-state index < -0.39 is 0 Å². The molecule has 1 aliphatic heterocycles. The first-order valence-corrected chi connectivity index (χ1v) is 11.6. The van der Waals surface area contributed by atoms with Crippen LogP contribution in [0.2, 0.25) is 5.02 Å². The Morgan fingerprint density at radius 3 is 1.97 bits per heavy atom. The molecule has 178 valence electrons. The number of para-hydroxylation sites is 1. The molecule has 1 saturated heterocycles. The van der Waals surface area contributed by atoms with E-state index in [0.717, 1.165) is 55.7 Å². The normalized spacial score (nSPS) is 14.2. The van der Waals surface area contributed by atoms with Crippen molar-refractivity contribution in [2.75, 3.05) is 39.3 Å². The summed E-state index contributed by atoms with van der Waals surface area (Å²) in [5, 5.41) is 0.763. The van der Waals surface area contributed by atoms with Crippen molar-refractivity contribution < 1.29 is 4.74 Å². The maximum Gasteiger partial charge on any atom is 0.130 e. The smallest absolute Gasteiger partial charge is 0.130 e. The lowest BCUT2D eigenvalue weighted by molar-refractivity contribution is 0.132. The topological polar surface area (TPSA) is 15.7 Å². The average molecular weight is 508 g/mol. The number of benzene rings is 3. The molecule has 0 saturated carbocycles. The lowest BCUT2D eigenvalue weighted by Gasteiger charge is -2.34. The molecule has 0 atom stereocenters. The zero-order valence-corrected chi connectivity index (χ0v) is 21.3. The average Bonchev–Trinajstić information content (AvgIpc) is 2.81. The van der Waals surface area contributed by atoms with Gasteiger partial charge in [0.1, 0.15) is 11.5 Å². The molecule has 6 heteroatoms. The van der Waals surface area contributed by atoms with E-state index in [0.29, 0.717) is 0 Å². The first-order valence-electron chi connectivity index (χ1n) is 11.3. The molecule has 1 fully saturated rings. The Kier molecular flexibility index (Phi) is 12.1. The number of hydrogen-bond donors (Lipinski definition) is 0. The highest BCUT2D eigenvalue weighted by molar-refractivity contribution is 6.30. The van der Waals surface area contributed by atoms with Crippen LogP contribution < -0.4 is 4.74 Å². The summed E-state index contributed by atoms with van der Waals surface area (Å²) in [7, 11) is 0. The van der Waals surface area contributed by atoms with Crippen LogP contribution in [0.4, 0.5) is 0 Å². The molecule has 1 heterocycles. The number of halogens is 3. The van der Waals surface area contributed by atoms with Crippen LogP contribution in [0.1, 0.15) is 17.5 Å².